The van der Waals surface area contributed by atoms with Crippen molar-refractivity contribution in [2.45, 2.75) is 6.42 Å². The smallest absolute Gasteiger partial charge is 0.339 e. The fraction of sp³-hybridized carbons (Fsp3) is 0.333. The molecule has 1 saturated heterocycles. The molecule has 1 aromatic carbocycles. The molecule has 2 aromatic rings. The van der Waals surface area contributed by atoms with Crippen LogP contribution in [-0.2, 0) is 4.74 Å². The lowest BCUT2D eigenvalue weighted by Gasteiger charge is -2.28. The lowest BCUT2D eigenvalue weighted by atomic mass is 10.1. The molecule has 0 spiro atoms. The molecule has 0 bridgehead atoms. The average molecular weight is 429 g/mol. The Balaban J connectivity index is 1.89. The number of carbonyl (C=O) groups is 3. The van der Waals surface area contributed by atoms with E-state index in [1.165, 1.54) is 56.8 Å². The fourth-order valence-electron chi connectivity index (χ4n) is 3.33. The maximum absolute atomic E-state index is 13.3. The van der Waals surface area contributed by atoms with Crippen molar-refractivity contribution in [1.82, 2.24) is 15.0 Å². The highest BCUT2D eigenvalue weighted by Gasteiger charge is 2.34. The number of esters is 1. The summed E-state index contributed by atoms with van der Waals surface area (Å²) in [5.41, 5.74) is 0.559. The summed E-state index contributed by atoms with van der Waals surface area (Å²) in [4.78, 5) is 41.9. The Bertz CT molecular complexity index is 991. The molecule has 1 fully saturated rings. The monoisotopic (exact) mass is 429 g/mol. The number of amides is 2. The van der Waals surface area contributed by atoms with E-state index >= 15 is 0 Å². The van der Waals surface area contributed by atoms with Crippen LogP contribution in [0.4, 0.5) is 0 Å². The number of aromatic nitrogens is 1. The van der Waals surface area contributed by atoms with Gasteiger partial charge in [-0.2, -0.15) is 0 Å². The van der Waals surface area contributed by atoms with Gasteiger partial charge in [0, 0.05) is 19.3 Å². The minimum Gasteiger partial charge on any atom is -0.493 e. The van der Waals surface area contributed by atoms with Gasteiger partial charge in [0.05, 0.1) is 39.6 Å². The summed E-state index contributed by atoms with van der Waals surface area (Å²) < 4.78 is 20.6. The number of hydrogen-bond donors (Lipinski definition) is 0. The van der Waals surface area contributed by atoms with Gasteiger partial charge in [-0.3, -0.25) is 14.6 Å². The topological polar surface area (TPSA) is 108 Å². The van der Waals surface area contributed by atoms with Crippen LogP contribution < -0.4 is 14.2 Å². The minimum absolute atomic E-state index is 0.103. The molecule has 0 radical (unpaired) electrons. The van der Waals surface area contributed by atoms with E-state index in [-0.39, 0.29) is 28.3 Å². The van der Waals surface area contributed by atoms with Crippen LogP contribution in [0, 0.1) is 0 Å². The van der Waals surface area contributed by atoms with E-state index in [2.05, 4.69) is 9.72 Å². The van der Waals surface area contributed by atoms with Crippen molar-refractivity contribution in [1.29, 1.82) is 0 Å². The lowest BCUT2D eigenvalue weighted by molar-refractivity contribution is 0.0180. The van der Waals surface area contributed by atoms with Crippen LogP contribution in [-0.4, -0.2) is 74.3 Å². The maximum atomic E-state index is 13.3. The molecular weight excluding hydrogens is 406 g/mol. The van der Waals surface area contributed by atoms with Gasteiger partial charge in [-0.05, 0) is 30.7 Å². The second kappa shape index (κ2) is 9.33. The minimum atomic E-state index is -0.551. The summed E-state index contributed by atoms with van der Waals surface area (Å²) in [6.07, 6.45) is 1.87. The third kappa shape index (κ3) is 4.09. The average Bonchev–Trinajstić information content (AvgIpc) is 3.31. The third-order valence-electron chi connectivity index (χ3n) is 4.84. The number of methoxy groups -OCH3 is 4. The van der Waals surface area contributed by atoms with E-state index in [0.717, 1.165) is 0 Å². The van der Waals surface area contributed by atoms with Crippen molar-refractivity contribution in [2.24, 2.45) is 0 Å². The molecule has 10 heteroatoms. The van der Waals surface area contributed by atoms with Crippen LogP contribution in [0.15, 0.2) is 30.5 Å². The van der Waals surface area contributed by atoms with Gasteiger partial charge in [-0.1, -0.05) is 0 Å². The molecule has 0 unspecified atom stereocenters. The van der Waals surface area contributed by atoms with Crippen molar-refractivity contribution in [2.75, 3.05) is 41.5 Å². The summed E-state index contributed by atoms with van der Waals surface area (Å²) in [5, 5.41) is 2.68. The molecule has 0 saturated carbocycles. The summed E-state index contributed by atoms with van der Waals surface area (Å²) in [5.74, 6) is -0.513. The van der Waals surface area contributed by atoms with E-state index < -0.39 is 17.8 Å². The Morgan fingerprint density at radius 2 is 1.52 bits per heavy atom. The fourth-order valence-corrected chi connectivity index (χ4v) is 3.33. The number of ether oxygens (including phenoxy) is 4. The Labute approximate surface area is 179 Å². The van der Waals surface area contributed by atoms with Gasteiger partial charge in [0.1, 0.15) is 5.69 Å². The summed E-state index contributed by atoms with van der Waals surface area (Å²) in [6.45, 7) is 0.697. The molecular formula is C21H23N3O7. The first-order chi connectivity index (χ1) is 15.0. The zero-order valence-corrected chi connectivity index (χ0v) is 17.7. The molecule has 0 atom stereocenters. The third-order valence-corrected chi connectivity index (χ3v) is 4.84. The van der Waals surface area contributed by atoms with E-state index in [0.29, 0.717) is 25.3 Å². The molecule has 1 aromatic heterocycles. The number of nitrogens with zero attached hydrogens (tertiary/aromatic N) is 3. The highest BCUT2D eigenvalue weighted by atomic mass is 16.5. The lowest BCUT2D eigenvalue weighted by Crippen LogP contribution is -2.45. The largest absolute Gasteiger partial charge is 0.493 e. The molecule has 31 heavy (non-hydrogen) atoms. The van der Waals surface area contributed by atoms with Gasteiger partial charge in [0.15, 0.2) is 11.5 Å². The second-order valence-corrected chi connectivity index (χ2v) is 6.52. The molecule has 1 aliphatic rings. The van der Waals surface area contributed by atoms with Gasteiger partial charge < -0.3 is 18.9 Å². The van der Waals surface area contributed by atoms with Crippen molar-refractivity contribution >= 4 is 17.8 Å². The molecule has 0 N–H and O–H groups in total. The van der Waals surface area contributed by atoms with E-state index in [1.807, 2.05) is 0 Å². The number of hydrogen-bond acceptors (Lipinski definition) is 8. The highest BCUT2D eigenvalue weighted by Crippen LogP contribution is 2.40. The van der Waals surface area contributed by atoms with Crippen LogP contribution in [0.25, 0.3) is 0 Å². The SMILES string of the molecule is COC(=O)c1ccc(C(=O)N2CCCN2C(=O)c2ccc(OC)c(OC)c2OC)nc1. The number of hydrazine groups is 1. The summed E-state index contributed by atoms with van der Waals surface area (Å²) >= 11 is 0. The van der Waals surface area contributed by atoms with Crippen LogP contribution in [0.2, 0.25) is 0 Å². The van der Waals surface area contributed by atoms with Crippen LogP contribution >= 0.6 is 0 Å². The normalized spacial score (nSPS) is 13.0. The van der Waals surface area contributed by atoms with Crippen LogP contribution in [0.1, 0.15) is 37.6 Å². The van der Waals surface area contributed by atoms with Gasteiger partial charge in [-0.15, -0.1) is 0 Å². The van der Waals surface area contributed by atoms with Gasteiger partial charge in [0.25, 0.3) is 11.8 Å². The first kappa shape index (κ1) is 21.9. The molecule has 0 aliphatic carbocycles. The molecule has 3 rings (SSSR count). The van der Waals surface area contributed by atoms with E-state index in [1.54, 1.807) is 12.1 Å². The molecule has 2 heterocycles. The maximum Gasteiger partial charge on any atom is 0.339 e. The first-order valence-electron chi connectivity index (χ1n) is 9.43. The van der Waals surface area contributed by atoms with E-state index in [4.69, 9.17) is 14.2 Å². The van der Waals surface area contributed by atoms with Crippen molar-refractivity contribution in [3.8, 4) is 17.2 Å². The number of carbonyl (C=O) groups excluding carboxylic acids is 3. The Hall–Kier alpha value is -3.82. The summed E-state index contributed by atoms with van der Waals surface area (Å²) in [7, 11) is 5.62. The molecule has 10 nitrogen and oxygen atoms in total. The van der Waals surface area contributed by atoms with Crippen molar-refractivity contribution < 1.29 is 33.3 Å². The predicted octanol–water partition coefficient (Wildman–Crippen LogP) is 1.80. The standard InChI is InChI=1S/C21H23N3O7/c1-28-16-9-7-14(17(29-2)18(16)30-3)19(25)23-10-5-11-24(23)20(26)15-8-6-13(12-22-15)21(27)31-4/h6-9,12H,5,10-11H2,1-4H3. The van der Waals surface area contributed by atoms with Gasteiger partial charge in [0.2, 0.25) is 5.75 Å². The zero-order chi connectivity index (χ0) is 22.5. The van der Waals surface area contributed by atoms with Crippen LogP contribution in [0.5, 0.6) is 17.2 Å². The molecule has 1 aliphatic heterocycles. The number of benzene rings is 1. The second-order valence-electron chi connectivity index (χ2n) is 6.52. The molecule has 164 valence electrons. The Kier molecular flexibility index (Phi) is 6.58. The van der Waals surface area contributed by atoms with Crippen molar-refractivity contribution in [3.05, 3.63) is 47.3 Å². The highest BCUT2D eigenvalue weighted by molar-refractivity contribution is 6.01. The number of pyridine rings is 1. The van der Waals surface area contributed by atoms with Gasteiger partial charge >= 0.3 is 5.97 Å². The predicted molar refractivity (Wildman–Crippen MR) is 108 cm³/mol. The quantitative estimate of drug-likeness (QED) is 0.640. The summed E-state index contributed by atoms with van der Waals surface area (Å²) in [6, 6.07) is 6.04. The van der Waals surface area contributed by atoms with Crippen LogP contribution in [0.3, 0.4) is 0 Å². The first-order valence-corrected chi connectivity index (χ1v) is 9.43. The number of rotatable bonds is 6. The van der Waals surface area contributed by atoms with E-state index in [9.17, 15) is 14.4 Å². The van der Waals surface area contributed by atoms with Gasteiger partial charge in [-0.25, -0.2) is 14.8 Å². The molecule has 2 amide bonds. The Morgan fingerprint density at radius 3 is 2.06 bits per heavy atom. The zero-order valence-electron chi connectivity index (χ0n) is 17.7. The Morgan fingerprint density at radius 1 is 0.839 bits per heavy atom. The van der Waals surface area contributed by atoms with Crippen molar-refractivity contribution in [3.63, 3.8) is 0 Å².